The van der Waals surface area contributed by atoms with Crippen LogP contribution in [0.15, 0.2) is 36.7 Å². The highest BCUT2D eigenvalue weighted by molar-refractivity contribution is 5.42. The number of hydrogen-bond acceptors (Lipinski definition) is 4. The molecular weight excluding hydrogens is 317 g/mol. The molecule has 2 aromatic heterocycles. The predicted molar refractivity (Wildman–Crippen MR) is 85.7 cm³/mol. The van der Waals surface area contributed by atoms with Crippen molar-refractivity contribution in [3.63, 3.8) is 0 Å². The van der Waals surface area contributed by atoms with Gasteiger partial charge in [-0.2, -0.15) is 13.2 Å². The molecule has 0 aliphatic carbocycles. The Hall–Kier alpha value is -2.15. The van der Waals surface area contributed by atoms with E-state index in [4.69, 9.17) is 0 Å². The summed E-state index contributed by atoms with van der Waals surface area (Å²) in [6, 6.07) is 6.11. The van der Waals surface area contributed by atoms with E-state index < -0.39 is 11.7 Å². The van der Waals surface area contributed by atoms with E-state index in [2.05, 4.69) is 20.9 Å². The Morgan fingerprint density at radius 2 is 1.79 bits per heavy atom. The first kappa shape index (κ1) is 16.7. The van der Waals surface area contributed by atoms with Gasteiger partial charge in [-0.15, -0.1) is 0 Å². The number of hydrogen-bond donors (Lipinski definition) is 0. The third-order valence-electron chi connectivity index (χ3n) is 4.28. The highest BCUT2D eigenvalue weighted by Gasteiger charge is 2.31. The summed E-state index contributed by atoms with van der Waals surface area (Å²) in [5.74, 6) is 0.391. The van der Waals surface area contributed by atoms with Gasteiger partial charge in [0.05, 0.1) is 5.56 Å². The lowest BCUT2D eigenvalue weighted by atomic mass is 10.1. The van der Waals surface area contributed by atoms with Crippen LogP contribution in [-0.2, 0) is 12.7 Å². The zero-order valence-electron chi connectivity index (χ0n) is 13.4. The SMILES string of the molecule is Cc1ncccc1CN1CCN(c2cc(C(F)(F)F)ccn2)CC1. The average Bonchev–Trinajstić information content (AvgIpc) is 2.57. The number of alkyl halides is 3. The highest BCUT2D eigenvalue weighted by Crippen LogP contribution is 2.30. The van der Waals surface area contributed by atoms with Crippen molar-refractivity contribution in [1.82, 2.24) is 14.9 Å². The Morgan fingerprint density at radius 3 is 2.46 bits per heavy atom. The van der Waals surface area contributed by atoms with Gasteiger partial charge < -0.3 is 4.90 Å². The van der Waals surface area contributed by atoms with Crippen LogP contribution in [0.5, 0.6) is 0 Å². The van der Waals surface area contributed by atoms with Gasteiger partial charge >= 0.3 is 6.18 Å². The first-order valence-electron chi connectivity index (χ1n) is 7.84. The van der Waals surface area contributed by atoms with Crippen molar-refractivity contribution in [2.24, 2.45) is 0 Å². The maximum Gasteiger partial charge on any atom is 0.416 e. The van der Waals surface area contributed by atoms with E-state index in [0.717, 1.165) is 37.5 Å². The van der Waals surface area contributed by atoms with Crippen molar-refractivity contribution >= 4 is 5.82 Å². The molecule has 0 unspecified atom stereocenters. The third-order valence-corrected chi connectivity index (χ3v) is 4.28. The molecule has 4 nitrogen and oxygen atoms in total. The molecular formula is C17H19F3N4. The van der Waals surface area contributed by atoms with Gasteiger partial charge in [-0.1, -0.05) is 6.07 Å². The molecule has 0 spiro atoms. The molecule has 1 saturated heterocycles. The van der Waals surface area contributed by atoms with Crippen LogP contribution in [0.3, 0.4) is 0 Å². The second-order valence-corrected chi connectivity index (χ2v) is 5.91. The Morgan fingerprint density at radius 1 is 1.04 bits per heavy atom. The van der Waals surface area contributed by atoms with Crippen molar-refractivity contribution in [2.45, 2.75) is 19.6 Å². The van der Waals surface area contributed by atoms with Crippen molar-refractivity contribution in [3.05, 3.63) is 53.5 Å². The van der Waals surface area contributed by atoms with E-state index in [1.54, 1.807) is 6.20 Å². The van der Waals surface area contributed by atoms with Crippen molar-refractivity contribution < 1.29 is 13.2 Å². The van der Waals surface area contributed by atoms with Crippen LogP contribution < -0.4 is 4.90 Å². The van der Waals surface area contributed by atoms with Gasteiger partial charge in [0, 0.05) is 50.8 Å². The highest BCUT2D eigenvalue weighted by atomic mass is 19.4. The molecule has 24 heavy (non-hydrogen) atoms. The van der Waals surface area contributed by atoms with Gasteiger partial charge in [0.15, 0.2) is 0 Å². The molecule has 1 aliphatic rings. The minimum absolute atomic E-state index is 0.391. The summed E-state index contributed by atoms with van der Waals surface area (Å²) in [5.41, 5.74) is 1.54. The van der Waals surface area contributed by atoms with Gasteiger partial charge in [-0.25, -0.2) is 4.98 Å². The normalized spacial score (nSPS) is 16.4. The summed E-state index contributed by atoms with van der Waals surface area (Å²) in [6.45, 7) is 5.68. The van der Waals surface area contributed by atoms with Gasteiger partial charge in [0.1, 0.15) is 5.82 Å². The lowest BCUT2D eigenvalue weighted by Gasteiger charge is -2.35. The van der Waals surface area contributed by atoms with Crippen molar-refractivity contribution in [2.75, 3.05) is 31.1 Å². The fourth-order valence-corrected chi connectivity index (χ4v) is 2.83. The van der Waals surface area contributed by atoms with Crippen molar-refractivity contribution in [1.29, 1.82) is 0 Å². The van der Waals surface area contributed by atoms with E-state index in [9.17, 15) is 13.2 Å². The fourth-order valence-electron chi connectivity index (χ4n) is 2.83. The zero-order chi connectivity index (χ0) is 17.2. The predicted octanol–water partition coefficient (Wildman–Crippen LogP) is 3.13. The quantitative estimate of drug-likeness (QED) is 0.862. The molecule has 3 heterocycles. The number of anilines is 1. The van der Waals surface area contributed by atoms with Crippen LogP contribution in [0.1, 0.15) is 16.8 Å². The molecule has 3 rings (SSSR count). The van der Waals surface area contributed by atoms with E-state index in [0.29, 0.717) is 18.9 Å². The van der Waals surface area contributed by atoms with Crippen LogP contribution >= 0.6 is 0 Å². The summed E-state index contributed by atoms with van der Waals surface area (Å²) < 4.78 is 38.5. The summed E-state index contributed by atoms with van der Waals surface area (Å²) in [6.07, 6.45) is -1.34. The largest absolute Gasteiger partial charge is 0.416 e. The smallest absolute Gasteiger partial charge is 0.354 e. The molecule has 0 amide bonds. The molecule has 7 heteroatoms. The van der Waals surface area contributed by atoms with E-state index in [1.807, 2.05) is 17.9 Å². The monoisotopic (exact) mass is 336 g/mol. The molecule has 0 aromatic carbocycles. The third kappa shape index (κ3) is 3.84. The second kappa shape index (κ2) is 6.76. The summed E-state index contributed by atoms with van der Waals surface area (Å²) >= 11 is 0. The average molecular weight is 336 g/mol. The number of nitrogens with zero attached hydrogens (tertiary/aromatic N) is 4. The van der Waals surface area contributed by atoms with E-state index in [1.165, 1.54) is 11.8 Å². The van der Waals surface area contributed by atoms with Crippen LogP contribution in [0.4, 0.5) is 19.0 Å². The van der Waals surface area contributed by atoms with E-state index in [-0.39, 0.29) is 0 Å². The van der Waals surface area contributed by atoms with Gasteiger partial charge in [0.25, 0.3) is 0 Å². The molecule has 0 bridgehead atoms. The molecule has 1 aliphatic heterocycles. The minimum Gasteiger partial charge on any atom is -0.354 e. The van der Waals surface area contributed by atoms with Crippen LogP contribution in [0, 0.1) is 6.92 Å². The number of halogens is 3. The lowest BCUT2D eigenvalue weighted by Crippen LogP contribution is -2.46. The van der Waals surface area contributed by atoms with Crippen LogP contribution in [0.25, 0.3) is 0 Å². The Balaban J connectivity index is 1.62. The molecule has 0 N–H and O–H groups in total. The standard InChI is InChI=1S/C17H19F3N4/c1-13-14(3-2-5-21-13)12-23-7-9-24(10-8-23)16-11-15(4-6-22-16)17(18,19)20/h2-6,11H,7-10,12H2,1H3. The zero-order valence-corrected chi connectivity index (χ0v) is 13.4. The Bertz CT molecular complexity index is 694. The molecule has 2 aromatic rings. The Kier molecular flexibility index (Phi) is 4.71. The summed E-state index contributed by atoms with van der Waals surface area (Å²) in [5, 5.41) is 0. The maximum absolute atomic E-state index is 12.8. The number of rotatable bonds is 3. The number of aryl methyl sites for hydroxylation is 1. The van der Waals surface area contributed by atoms with Crippen LogP contribution in [-0.4, -0.2) is 41.0 Å². The van der Waals surface area contributed by atoms with Gasteiger partial charge in [-0.3, -0.25) is 9.88 Å². The lowest BCUT2D eigenvalue weighted by molar-refractivity contribution is -0.137. The molecule has 0 saturated carbocycles. The maximum atomic E-state index is 12.8. The van der Waals surface area contributed by atoms with Gasteiger partial charge in [0.2, 0.25) is 0 Å². The number of pyridine rings is 2. The molecule has 0 atom stereocenters. The number of piperazine rings is 1. The molecule has 1 fully saturated rings. The second-order valence-electron chi connectivity index (χ2n) is 5.91. The number of aromatic nitrogens is 2. The van der Waals surface area contributed by atoms with Gasteiger partial charge in [-0.05, 0) is 30.7 Å². The molecule has 0 radical (unpaired) electrons. The summed E-state index contributed by atoms with van der Waals surface area (Å²) in [7, 11) is 0. The van der Waals surface area contributed by atoms with Crippen molar-refractivity contribution in [3.8, 4) is 0 Å². The first-order chi connectivity index (χ1) is 11.4. The molecule has 128 valence electrons. The van der Waals surface area contributed by atoms with Crippen LogP contribution in [0.2, 0.25) is 0 Å². The minimum atomic E-state index is -4.34. The van der Waals surface area contributed by atoms with E-state index >= 15 is 0 Å². The topological polar surface area (TPSA) is 32.3 Å². The first-order valence-corrected chi connectivity index (χ1v) is 7.84. The summed E-state index contributed by atoms with van der Waals surface area (Å²) in [4.78, 5) is 12.6. The fraction of sp³-hybridized carbons (Fsp3) is 0.412. The Labute approximate surface area is 138 Å².